The van der Waals surface area contributed by atoms with Gasteiger partial charge in [-0.1, -0.05) is 30.3 Å². The maximum Gasteiger partial charge on any atom is 0.254 e. The summed E-state index contributed by atoms with van der Waals surface area (Å²) in [5, 5.41) is 0. The minimum absolute atomic E-state index is 0.0509. The average molecular weight is 448 g/mol. The number of hydrogen-bond donors (Lipinski definition) is 0. The van der Waals surface area contributed by atoms with Crippen LogP contribution in [0.25, 0.3) is 0 Å². The van der Waals surface area contributed by atoms with Crippen molar-refractivity contribution in [2.24, 2.45) is 0 Å². The number of ether oxygens (including phenoxy) is 1. The van der Waals surface area contributed by atoms with Crippen molar-refractivity contribution in [1.29, 1.82) is 0 Å². The summed E-state index contributed by atoms with van der Waals surface area (Å²) in [6.07, 6.45) is 4.75. The van der Waals surface area contributed by atoms with Crippen molar-refractivity contribution < 1.29 is 18.7 Å². The molecule has 1 aliphatic rings. The van der Waals surface area contributed by atoms with Crippen molar-refractivity contribution in [3.8, 4) is 5.75 Å². The van der Waals surface area contributed by atoms with Crippen LogP contribution < -0.4 is 10.2 Å². The van der Waals surface area contributed by atoms with Gasteiger partial charge >= 0.3 is 0 Å². The first-order chi connectivity index (χ1) is 15.9. The topological polar surface area (TPSA) is 68.6 Å². The van der Waals surface area contributed by atoms with Crippen LogP contribution in [0.4, 0.5) is 4.39 Å². The number of rotatable bonds is 7. The first-order valence-electron chi connectivity index (χ1n) is 10.9. The normalized spacial score (nSPS) is 15.5. The van der Waals surface area contributed by atoms with Gasteiger partial charge in [0.1, 0.15) is 12.4 Å². The maximum absolute atomic E-state index is 13.2. The number of Topliss-reactive ketones (excluding diaryl/α,β-unsaturated/α-hetero) is 1. The van der Waals surface area contributed by atoms with Gasteiger partial charge in [0.2, 0.25) is 5.43 Å². The summed E-state index contributed by atoms with van der Waals surface area (Å²) in [5.74, 6) is -0.797. The molecule has 0 unspecified atom stereocenters. The Kier molecular flexibility index (Phi) is 6.68. The van der Waals surface area contributed by atoms with Crippen LogP contribution in [0, 0.1) is 5.82 Å². The first-order valence-corrected chi connectivity index (χ1v) is 10.9. The Balaban J connectivity index is 1.56. The van der Waals surface area contributed by atoms with Crippen molar-refractivity contribution in [3.63, 3.8) is 0 Å². The van der Waals surface area contributed by atoms with E-state index in [4.69, 9.17) is 4.74 Å². The Labute approximate surface area is 191 Å². The van der Waals surface area contributed by atoms with Gasteiger partial charge in [-0.25, -0.2) is 4.39 Å². The number of carbonyl (C=O) groups is 2. The molecule has 0 N–H and O–H groups in total. The zero-order chi connectivity index (χ0) is 23.4. The van der Waals surface area contributed by atoms with Gasteiger partial charge in [-0.3, -0.25) is 14.4 Å². The van der Waals surface area contributed by atoms with Crippen LogP contribution in [0.5, 0.6) is 5.75 Å². The van der Waals surface area contributed by atoms with Crippen LogP contribution in [-0.4, -0.2) is 33.7 Å². The van der Waals surface area contributed by atoms with Gasteiger partial charge in [-0.2, -0.15) is 0 Å². The molecule has 2 heterocycles. The fraction of sp³-hybridized carbons (Fsp3) is 0.269. The third-order valence-corrected chi connectivity index (χ3v) is 5.81. The summed E-state index contributed by atoms with van der Waals surface area (Å²) < 4.78 is 20.8. The van der Waals surface area contributed by atoms with Gasteiger partial charge < -0.3 is 14.2 Å². The number of benzene rings is 2. The molecule has 2 aromatic carbocycles. The number of amides is 1. The Morgan fingerprint density at radius 1 is 1.06 bits per heavy atom. The van der Waals surface area contributed by atoms with E-state index in [0.717, 1.165) is 18.4 Å². The molecule has 3 aromatic rings. The molecule has 33 heavy (non-hydrogen) atoms. The van der Waals surface area contributed by atoms with Crippen molar-refractivity contribution in [2.75, 3.05) is 6.54 Å². The molecular weight excluding hydrogens is 423 g/mol. The molecule has 0 bridgehead atoms. The Hall–Kier alpha value is -3.74. The summed E-state index contributed by atoms with van der Waals surface area (Å²) in [6, 6.07) is 14.8. The highest BCUT2D eigenvalue weighted by molar-refractivity contribution is 5.95. The highest BCUT2D eigenvalue weighted by Crippen LogP contribution is 2.22. The molecule has 6 nitrogen and oxygen atoms in total. The lowest BCUT2D eigenvalue weighted by Gasteiger charge is -2.26. The second kappa shape index (κ2) is 9.81. The van der Waals surface area contributed by atoms with E-state index in [1.165, 1.54) is 37.4 Å². The van der Waals surface area contributed by atoms with Crippen LogP contribution in [0.15, 0.2) is 71.8 Å². The number of aromatic nitrogens is 1. The molecule has 1 fully saturated rings. The van der Waals surface area contributed by atoms with Gasteiger partial charge in [-0.15, -0.1) is 0 Å². The number of halogens is 1. The van der Waals surface area contributed by atoms with Crippen LogP contribution in [0.2, 0.25) is 0 Å². The highest BCUT2D eigenvalue weighted by atomic mass is 19.1. The van der Waals surface area contributed by atoms with Crippen LogP contribution in [-0.2, 0) is 13.2 Å². The van der Waals surface area contributed by atoms with Crippen LogP contribution in [0.3, 0.4) is 0 Å². The monoisotopic (exact) mass is 448 g/mol. The lowest BCUT2D eigenvalue weighted by atomic mass is 10.1. The largest absolute Gasteiger partial charge is 0.483 e. The third kappa shape index (κ3) is 5.19. The maximum atomic E-state index is 13.2. The summed E-state index contributed by atoms with van der Waals surface area (Å²) in [5.41, 5.74) is 0.943. The summed E-state index contributed by atoms with van der Waals surface area (Å²) >= 11 is 0. The Morgan fingerprint density at radius 2 is 1.79 bits per heavy atom. The van der Waals surface area contributed by atoms with Crippen molar-refractivity contribution in [3.05, 3.63) is 99.7 Å². The van der Waals surface area contributed by atoms with Gasteiger partial charge in [0.15, 0.2) is 11.5 Å². The molecule has 1 amide bonds. The summed E-state index contributed by atoms with van der Waals surface area (Å²) in [7, 11) is 0. The summed E-state index contributed by atoms with van der Waals surface area (Å²) in [6.45, 7) is 2.56. The molecule has 7 heteroatoms. The van der Waals surface area contributed by atoms with Gasteiger partial charge in [-0.05, 0) is 49.6 Å². The van der Waals surface area contributed by atoms with E-state index in [1.807, 2.05) is 30.3 Å². The first kappa shape index (κ1) is 22.5. The van der Waals surface area contributed by atoms with E-state index in [9.17, 15) is 18.8 Å². The average Bonchev–Trinajstić information content (AvgIpc) is 3.27. The van der Waals surface area contributed by atoms with E-state index < -0.39 is 11.2 Å². The van der Waals surface area contributed by atoms with E-state index >= 15 is 0 Å². The minimum atomic E-state index is -0.444. The predicted molar refractivity (Wildman–Crippen MR) is 122 cm³/mol. The molecule has 4 rings (SSSR count). The number of likely N-dealkylation sites (tertiary alicyclic amines) is 1. The van der Waals surface area contributed by atoms with E-state index in [2.05, 4.69) is 0 Å². The molecule has 1 aliphatic heterocycles. The molecule has 0 aliphatic carbocycles. The zero-order valence-electron chi connectivity index (χ0n) is 18.4. The molecule has 0 saturated carbocycles. The lowest BCUT2D eigenvalue weighted by Crippen LogP contribution is -2.38. The fourth-order valence-corrected chi connectivity index (χ4v) is 4.09. The standard InChI is InChI=1S/C26H25FN2O4/c1-18(30)23-15-28(16-24(25(23)31)33-17-19-6-3-2-4-7-19)14-22-8-5-13-29(22)26(32)20-9-11-21(27)12-10-20/h2-4,6-7,9-12,15-16,22H,5,8,13-14,17H2,1H3/t22-/m0/s1. The second-order valence-electron chi connectivity index (χ2n) is 8.19. The van der Waals surface area contributed by atoms with E-state index in [1.54, 1.807) is 15.7 Å². The van der Waals surface area contributed by atoms with E-state index in [0.29, 0.717) is 18.7 Å². The predicted octanol–water partition coefficient (Wildman–Crippen LogP) is 4.07. The summed E-state index contributed by atoms with van der Waals surface area (Å²) in [4.78, 5) is 39.6. The Bertz CT molecular complexity index is 1210. The molecule has 1 atom stereocenters. The second-order valence-corrected chi connectivity index (χ2v) is 8.19. The van der Waals surface area contributed by atoms with Crippen molar-refractivity contribution >= 4 is 11.7 Å². The zero-order valence-corrected chi connectivity index (χ0v) is 18.4. The third-order valence-electron chi connectivity index (χ3n) is 5.81. The molecule has 170 valence electrons. The fourth-order valence-electron chi connectivity index (χ4n) is 4.09. The number of ketones is 1. The van der Waals surface area contributed by atoms with Crippen molar-refractivity contribution in [2.45, 2.75) is 39.0 Å². The molecule has 0 radical (unpaired) electrons. The molecule has 1 aromatic heterocycles. The van der Waals surface area contributed by atoms with Gasteiger partial charge in [0.05, 0.1) is 11.8 Å². The number of nitrogens with zero attached hydrogens (tertiary/aromatic N) is 2. The van der Waals surface area contributed by atoms with Gasteiger partial charge in [0, 0.05) is 30.9 Å². The van der Waals surface area contributed by atoms with Crippen LogP contribution in [0.1, 0.15) is 46.0 Å². The van der Waals surface area contributed by atoms with Crippen LogP contribution >= 0.6 is 0 Å². The lowest BCUT2D eigenvalue weighted by molar-refractivity contribution is 0.0723. The number of hydrogen-bond acceptors (Lipinski definition) is 4. The molecule has 1 saturated heterocycles. The van der Waals surface area contributed by atoms with Gasteiger partial charge in [0.25, 0.3) is 5.91 Å². The molecular formula is C26H25FN2O4. The van der Waals surface area contributed by atoms with E-state index in [-0.39, 0.29) is 35.7 Å². The number of carbonyl (C=O) groups excluding carboxylic acids is 2. The SMILES string of the molecule is CC(=O)c1cn(C[C@@H]2CCCN2C(=O)c2ccc(F)cc2)cc(OCc2ccccc2)c1=O. The smallest absolute Gasteiger partial charge is 0.254 e. The molecule has 0 spiro atoms. The highest BCUT2D eigenvalue weighted by Gasteiger charge is 2.30. The van der Waals surface area contributed by atoms with Crippen molar-refractivity contribution in [1.82, 2.24) is 9.47 Å². The number of pyridine rings is 1. The minimum Gasteiger partial charge on any atom is -0.483 e. The quantitative estimate of drug-likeness (QED) is 0.511. The Morgan fingerprint density at radius 3 is 2.48 bits per heavy atom.